The maximum atomic E-state index is 10.9. The summed E-state index contributed by atoms with van der Waals surface area (Å²) < 4.78 is 0. The summed E-state index contributed by atoms with van der Waals surface area (Å²) in [5.74, 6) is -0.833. The van der Waals surface area contributed by atoms with Crippen molar-refractivity contribution < 1.29 is 9.90 Å². The van der Waals surface area contributed by atoms with Crippen LogP contribution < -0.4 is 4.90 Å². The van der Waals surface area contributed by atoms with Gasteiger partial charge in [0.25, 0.3) is 0 Å². The van der Waals surface area contributed by atoms with E-state index < -0.39 is 5.97 Å². The molecular weight excluding hydrogens is 248 g/mol. The van der Waals surface area contributed by atoms with E-state index in [2.05, 4.69) is 23.8 Å². The lowest BCUT2D eigenvalue weighted by atomic mass is 10.0. The minimum absolute atomic E-state index is 0.419. The predicted molar refractivity (Wildman–Crippen MR) is 74.8 cm³/mol. The molecule has 0 aliphatic carbocycles. The molecule has 0 saturated carbocycles. The molecule has 0 aromatic carbocycles. The zero-order chi connectivity index (χ0) is 13.1. The Hall–Kier alpha value is -1.07. The lowest BCUT2D eigenvalue weighted by molar-refractivity contribution is 0.0702. The standard InChI is InChI=1S/C13H20N2O2S/c1-3-15-6-4-10(5-7-15)14(2)11-8-12(13(16)17)18-9-11/h8-10H,3-7H2,1-2H3,(H,16,17). The second-order valence-corrected chi connectivity index (χ2v) is 5.66. The van der Waals surface area contributed by atoms with Crippen LogP contribution >= 0.6 is 11.3 Å². The molecule has 1 aromatic rings. The van der Waals surface area contributed by atoms with Gasteiger partial charge in [0.15, 0.2) is 0 Å². The van der Waals surface area contributed by atoms with Crippen molar-refractivity contribution in [1.29, 1.82) is 0 Å². The van der Waals surface area contributed by atoms with Gasteiger partial charge in [0, 0.05) is 37.2 Å². The first kappa shape index (κ1) is 13.4. The molecule has 0 spiro atoms. The van der Waals surface area contributed by atoms with Crippen LogP contribution in [0.5, 0.6) is 0 Å². The van der Waals surface area contributed by atoms with Crippen LogP contribution in [0.2, 0.25) is 0 Å². The van der Waals surface area contributed by atoms with E-state index in [1.54, 1.807) is 6.07 Å². The van der Waals surface area contributed by atoms with Gasteiger partial charge in [0.2, 0.25) is 0 Å². The van der Waals surface area contributed by atoms with Crippen molar-refractivity contribution in [3.8, 4) is 0 Å². The monoisotopic (exact) mass is 268 g/mol. The molecule has 0 atom stereocenters. The van der Waals surface area contributed by atoms with Gasteiger partial charge < -0.3 is 14.9 Å². The number of thiophene rings is 1. The summed E-state index contributed by atoms with van der Waals surface area (Å²) in [6, 6.07) is 2.31. The molecular formula is C13H20N2O2S. The summed E-state index contributed by atoms with van der Waals surface area (Å²) in [7, 11) is 2.07. The summed E-state index contributed by atoms with van der Waals surface area (Å²) in [5, 5.41) is 10.9. The average Bonchev–Trinajstić information content (AvgIpc) is 2.88. The van der Waals surface area contributed by atoms with Crippen molar-refractivity contribution in [3.05, 3.63) is 16.3 Å². The van der Waals surface area contributed by atoms with Gasteiger partial charge >= 0.3 is 5.97 Å². The Morgan fingerprint density at radius 1 is 1.56 bits per heavy atom. The molecule has 0 amide bonds. The van der Waals surface area contributed by atoms with Crippen molar-refractivity contribution in [3.63, 3.8) is 0 Å². The third kappa shape index (κ3) is 2.84. The molecule has 18 heavy (non-hydrogen) atoms. The zero-order valence-corrected chi connectivity index (χ0v) is 11.7. The summed E-state index contributed by atoms with van der Waals surface area (Å²) >= 11 is 1.30. The van der Waals surface area contributed by atoms with Crippen LogP contribution in [0.3, 0.4) is 0 Å². The fourth-order valence-corrected chi connectivity index (χ4v) is 3.23. The number of anilines is 1. The van der Waals surface area contributed by atoms with Crippen LogP contribution in [0.25, 0.3) is 0 Å². The van der Waals surface area contributed by atoms with Gasteiger partial charge in [-0.25, -0.2) is 4.79 Å². The molecule has 1 aromatic heterocycles. The Balaban J connectivity index is 1.98. The first-order valence-corrected chi connectivity index (χ1v) is 7.26. The van der Waals surface area contributed by atoms with E-state index >= 15 is 0 Å². The third-order valence-corrected chi connectivity index (χ3v) is 4.66. The van der Waals surface area contributed by atoms with Crippen LogP contribution in [-0.2, 0) is 0 Å². The molecule has 1 saturated heterocycles. The topological polar surface area (TPSA) is 43.8 Å². The Morgan fingerprint density at radius 3 is 2.72 bits per heavy atom. The number of carboxylic acids is 1. The average molecular weight is 268 g/mol. The molecule has 1 N–H and O–H groups in total. The van der Waals surface area contributed by atoms with Crippen molar-refractivity contribution in [2.24, 2.45) is 0 Å². The molecule has 1 aliphatic rings. The Bertz CT molecular complexity index is 411. The highest BCUT2D eigenvalue weighted by molar-refractivity contribution is 7.12. The number of aromatic carboxylic acids is 1. The van der Waals surface area contributed by atoms with Gasteiger partial charge in [0.1, 0.15) is 4.88 Å². The van der Waals surface area contributed by atoms with E-state index in [-0.39, 0.29) is 0 Å². The normalized spacial score (nSPS) is 17.9. The fraction of sp³-hybridized carbons (Fsp3) is 0.615. The molecule has 2 heterocycles. The number of rotatable bonds is 4. The van der Waals surface area contributed by atoms with Crippen LogP contribution in [0.15, 0.2) is 11.4 Å². The SMILES string of the molecule is CCN1CCC(N(C)c2csc(C(=O)O)c2)CC1. The maximum absolute atomic E-state index is 10.9. The number of nitrogens with zero attached hydrogens (tertiary/aromatic N) is 2. The Morgan fingerprint density at radius 2 is 2.22 bits per heavy atom. The van der Waals surface area contributed by atoms with E-state index in [1.807, 2.05) is 5.38 Å². The van der Waals surface area contributed by atoms with Gasteiger partial charge in [-0.3, -0.25) is 0 Å². The zero-order valence-electron chi connectivity index (χ0n) is 10.9. The summed E-state index contributed by atoms with van der Waals surface area (Å²) in [6.45, 7) is 5.60. The Labute approximate surface area is 112 Å². The minimum Gasteiger partial charge on any atom is -0.477 e. The van der Waals surface area contributed by atoms with E-state index in [1.165, 1.54) is 11.3 Å². The number of hydrogen-bond acceptors (Lipinski definition) is 4. The van der Waals surface area contributed by atoms with Gasteiger partial charge in [-0.15, -0.1) is 11.3 Å². The smallest absolute Gasteiger partial charge is 0.345 e. The van der Waals surface area contributed by atoms with Gasteiger partial charge in [-0.2, -0.15) is 0 Å². The summed E-state index contributed by atoms with van der Waals surface area (Å²) in [6.07, 6.45) is 2.31. The van der Waals surface area contributed by atoms with E-state index in [0.717, 1.165) is 38.2 Å². The highest BCUT2D eigenvalue weighted by Crippen LogP contribution is 2.27. The molecule has 0 bridgehead atoms. The van der Waals surface area contributed by atoms with Gasteiger partial charge in [0.05, 0.1) is 0 Å². The quantitative estimate of drug-likeness (QED) is 0.910. The van der Waals surface area contributed by atoms with Crippen molar-refractivity contribution in [2.75, 3.05) is 31.6 Å². The minimum atomic E-state index is -0.833. The maximum Gasteiger partial charge on any atom is 0.345 e. The second-order valence-electron chi connectivity index (χ2n) is 4.75. The first-order chi connectivity index (χ1) is 8.61. The van der Waals surface area contributed by atoms with E-state index in [4.69, 9.17) is 5.11 Å². The number of likely N-dealkylation sites (tertiary alicyclic amines) is 1. The lowest BCUT2D eigenvalue weighted by Crippen LogP contribution is -2.43. The largest absolute Gasteiger partial charge is 0.477 e. The van der Waals surface area contributed by atoms with Gasteiger partial charge in [-0.05, 0) is 25.5 Å². The highest BCUT2D eigenvalue weighted by Gasteiger charge is 2.22. The first-order valence-electron chi connectivity index (χ1n) is 6.38. The molecule has 5 heteroatoms. The molecule has 100 valence electrons. The van der Waals surface area contributed by atoms with Crippen molar-refractivity contribution in [1.82, 2.24) is 4.90 Å². The fourth-order valence-electron chi connectivity index (χ4n) is 2.46. The third-order valence-electron chi connectivity index (χ3n) is 3.76. The van der Waals surface area contributed by atoms with Gasteiger partial charge in [-0.1, -0.05) is 6.92 Å². The molecule has 1 aliphatic heterocycles. The number of carbonyl (C=O) groups is 1. The number of hydrogen-bond donors (Lipinski definition) is 1. The molecule has 0 radical (unpaired) electrons. The summed E-state index contributed by atoms with van der Waals surface area (Å²) in [4.78, 5) is 16.0. The van der Waals surface area contributed by atoms with Crippen LogP contribution in [-0.4, -0.2) is 48.7 Å². The molecule has 0 unspecified atom stereocenters. The van der Waals surface area contributed by atoms with E-state index in [0.29, 0.717) is 10.9 Å². The molecule has 1 fully saturated rings. The van der Waals surface area contributed by atoms with Crippen LogP contribution in [0.1, 0.15) is 29.4 Å². The second kappa shape index (κ2) is 5.71. The summed E-state index contributed by atoms with van der Waals surface area (Å²) in [5.41, 5.74) is 1.03. The van der Waals surface area contributed by atoms with Crippen molar-refractivity contribution >= 4 is 23.0 Å². The predicted octanol–water partition coefficient (Wildman–Crippen LogP) is 2.37. The van der Waals surface area contributed by atoms with Crippen molar-refractivity contribution in [2.45, 2.75) is 25.8 Å². The lowest BCUT2D eigenvalue weighted by Gasteiger charge is -2.37. The number of piperidine rings is 1. The molecule has 2 rings (SSSR count). The Kier molecular flexibility index (Phi) is 4.24. The van der Waals surface area contributed by atoms with Crippen LogP contribution in [0, 0.1) is 0 Å². The number of carboxylic acid groups (broad SMARTS) is 1. The van der Waals surface area contributed by atoms with E-state index in [9.17, 15) is 4.79 Å². The molecule has 4 nitrogen and oxygen atoms in total. The highest BCUT2D eigenvalue weighted by atomic mass is 32.1. The van der Waals surface area contributed by atoms with Crippen LogP contribution in [0.4, 0.5) is 5.69 Å².